The van der Waals surface area contributed by atoms with Crippen LogP contribution in [-0.4, -0.2) is 33.2 Å². The lowest BCUT2D eigenvalue weighted by Gasteiger charge is -2.15. The fourth-order valence-corrected chi connectivity index (χ4v) is 3.84. The van der Waals surface area contributed by atoms with Gasteiger partial charge in [-0.1, -0.05) is 36.4 Å². The maximum absolute atomic E-state index is 12.4. The van der Waals surface area contributed by atoms with Crippen LogP contribution in [0, 0.1) is 0 Å². The number of hydroxylamine groups is 1. The molecule has 3 aromatic heterocycles. The standard InChI is InChI=1S/C25H18N4O3/c1-32-24-22(25(30)29-31)19-14-26-12-10-21(19)28-23(24)16-6-4-15(5-7-16)17-8-9-20-18(13-17)3-2-11-27-20/h2-14,31H,1H3,(H,29,30). The van der Waals surface area contributed by atoms with Crippen LogP contribution in [0.5, 0.6) is 5.75 Å². The lowest BCUT2D eigenvalue weighted by molar-refractivity contribution is 0.0705. The van der Waals surface area contributed by atoms with Crippen LogP contribution in [0.1, 0.15) is 10.4 Å². The van der Waals surface area contributed by atoms with Gasteiger partial charge >= 0.3 is 0 Å². The average Bonchev–Trinajstić information content (AvgIpc) is 2.86. The first-order valence-electron chi connectivity index (χ1n) is 9.91. The minimum Gasteiger partial charge on any atom is -0.494 e. The molecule has 5 aromatic rings. The number of carbonyl (C=O) groups excluding carboxylic acids is 1. The summed E-state index contributed by atoms with van der Waals surface area (Å²) in [6.07, 6.45) is 4.91. The molecular weight excluding hydrogens is 404 g/mol. The zero-order valence-corrected chi connectivity index (χ0v) is 17.1. The number of pyridine rings is 3. The Morgan fingerprint density at radius 2 is 1.72 bits per heavy atom. The van der Waals surface area contributed by atoms with Crippen molar-refractivity contribution < 1.29 is 14.7 Å². The fourth-order valence-electron chi connectivity index (χ4n) is 3.84. The molecule has 7 heteroatoms. The van der Waals surface area contributed by atoms with Crippen LogP contribution in [0.3, 0.4) is 0 Å². The lowest BCUT2D eigenvalue weighted by Crippen LogP contribution is -2.20. The third kappa shape index (κ3) is 3.30. The molecule has 2 N–H and O–H groups in total. The molecule has 0 unspecified atom stereocenters. The highest BCUT2D eigenvalue weighted by Gasteiger charge is 2.22. The summed E-state index contributed by atoms with van der Waals surface area (Å²) in [4.78, 5) is 25.6. The summed E-state index contributed by atoms with van der Waals surface area (Å²) in [5, 5.41) is 10.8. The molecule has 7 nitrogen and oxygen atoms in total. The number of methoxy groups -OCH3 is 1. The number of amides is 1. The topological polar surface area (TPSA) is 97.2 Å². The Labute approximate surface area is 183 Å². The number of ether oxygens (including phenoxy) is 1. The highest BCUT2D eigenvalue weighted by Crippen LogP contribution is 2.36. The van der Waals surface area contributed by atoms with E-state index in [-0.39, 0.29) is 11.3 Å². The van der Waals surface area contributed by atoms with E-state index >= 15 is 0 Å². The zero-order valence-electron chi connectivity index (χ0n) is 17.1. The van der Waals surface area contributed by atoms with Gasteiger partial charge in [-0.3, -0.25) is 20.0 Å². The predicted octanol–water partition coefficient (Wildman–Crippen LogP) is 4.64. The van der Waals surface area contributed by atoms with Gasteiger partial charge in [-0.25, -0.2) is 10.5 Å². The molecule has 0 bridgehead atoms. The van der Waals surface area contributed by atoms with Gasteiger partial charge in [0.1, 0.15) is 5.69 Å². The number of nitrogens with zero attached hydrogens (tertiary/aromatic N) is 3. The molecule has 1 amide bonds. The molecule has 0 spiro atoms. The van der Waals surface area contributed by atoms with E-state index in [4.69, 9.17) is 9.72 Å². The number of aromatic nitrogens is 3. The monoisotopic (exact) mass is 422 g/mol. The SMILES string of the molecule is COc1c(-c2ccc(-c3ccc4ncccc4c3)cc2)nc2ccncc2c1C(=O)NO. The number of hydrogen-bond donors (Lipinski definition) is 2. The summed E-state index contributed by atoms with van der Waals surface area (Å²) >= 11 is 0. The molecule has 0 aliphatic rings. The van der Waals surface area contributed by atoms with Gasteiger partial charge in [0.2, 0.25) is 0 Å². The van der Waals surface area contributed by atoms with Gasteiger partial charge in [0, 0.05) is 34.9 Å². The van der Waals surface area contributed by atoms with E-state index in [9.17, 15) is 10.0 Å². The molecule has 0 aliphatic carbocycles. The molecule has 0 atom stereocenters. The van der Waals surface area contributed by atoms with Gasteiger partial charge in [-0.15, -0.1) is 0 Å². The van der Waals surface area contributed by atoms with Crippen molar-refractivity contribution >= 4 is 27.7 Å². The first kappa shape index (κ1) is 19.6. The maximum atomic E-state index is 12.4. The average molecular weight is 422 g/mol. The predicted molar refractivity (Wildman–Crippen MR) is 122 cm³/mol. The number of carbonyl (C=O) groups is 1. The largest absolute Gasteiger partial charge is 0.494 e. The van der Waals surface area contributed by atoms with Crippen LogP contribution in [-0.2, 0) is 0 Å². The minimum absolute atomic E-state index is 0.175. The lowest BCUT2D eigenvalue weighted by atomic mass is 9.99. The smallest absolute Gasteiger partial charge is 0.279 e. The molecule has 0 saturated carbocycles. The van der Waals surface area contributed by atoms with E-state index in [1.165, 1.54) is 13.3 Å². The van der Waals surface area contributed by atoms with Crippen LogP contribution in [0.2, 0.25) is 0 Å². The molecule has 2 aromatic carbocycles. The van der Waals surface area contributed by atoms with Crippen molar-refractivity contribution in [1.29, 1.82) is 0 Å². The second kappa shape index (κ2) is 8.05. The first-order valence-corrected chi connectivity index (χ1v) is 9.91. The first-order chi connectivity index (χ1) is 15.7. The molecule has 156 valence electrons. The van der Waals surface area contributed by atoms with Crippen LogP contribution >= 0.6 is 0 Å². The van der Waals surface area contributed by atoms with Crippen LogP contribution in [0.25, 0.3) is 44.2 Å². The fraction of sp³-hybridized carbons (Fsp3) is 0.0400. The number of rotatable bonds is 4. The highest BCUT2D eigenvalue weighted by atomic mass is 16.5. The summed E-state index contributed by atoms with van der Waals surface area (Å²) < 4.78 is 5.56. The minimum atomic E-state index is -0.690. The molecule has 32 heavy (non-hydrogen) atoms. The molecule has 0 aliphatic heterocycles. The van der Waals surface area contributed by atoms with Crippen LogP contribution in [0.15, 0.2) is 79.3 Å². The van der Waals surface area contributed by atoms with Crippen molar-refractivity contribution in [3.05, 3.63) is 84.8 Å². The Morgan fingerprint density at radius 1 is 0.938 bits per heavy atom. The van der Waals surface area contributed by atoms with E-state index < -0.39 is 5.91 Å². The maximum Gasteiger partial charge on any atom is 0.279 e. The Balaban J connectivity index is 1.63. The summed E-state index contributed by atoms with van der Waals surface area (Å²) in [5.74, 6) is -0.425. The summed E-state index contributed by atoms with van der Waals surface area (Å²) in [7, 11) is 1.47. The Morgan fingerprint density at radius 3 is 2.50 bits per heavy atom. The van der Waals surface area contributed by atoms with E-state index in [1.807, 2.05) is 48.5 Å². The zero-order chi connectivity index (χ0) is 22.1. The highest BCUT2D eigenvalue weighted by molar-refractivity contribution is 6.09. The van der Waals surface area contributed by atoms with Crippen LogP contribution in [0.4, 0.5) is 0 Å². The third-order valence-corrected chi connectivity index (χ3v) is 5.37. The van der Waals surface area contributed by atoms with E-state index in [0.717, 1.165) is 27.6 Å². The van der Waals surface area contributed by atoms with E-state index in [2.05, 4.69) is 16.0 Å². The number of nitrogens with one attached hydrogen (secondary N) is 1. The number of benzene rings is 2. The van der Waals surface area contributed by atoms with Gasteiger partial charge in [-0.2, -0.15) is 0 Å². The van der Waals surface area contributed by atoms with Gasteiger partial charge in [0.05, 0.1) is 23.7 Å². The van der Waals surface area contributed by atoms with Gasteiger partial charge in [0.15, 0.2) is 5.75 Å². The summed E-state index contributed by atoms with van der Waals surface area (Å²) in [6.45, 7) is 0. The van der Waals surface area contributed by atoms with Crippen LogP contribution < -0.4 is 10.2 Å². The van der Waals surface area contributed by atoms with Gasteiger partial charge < -0.3 is 4.74 Å². The van der Waals surface area contributed by atoms with Crippen molar-refractivity contribution in [2.45, 2.75) is 0 Å². The second-order valence-corrected chi connectivity index (χ2v) is 7.19. The normalized spacial score (nSPS) is 10.9. The molecule has 3 heterocycles. The quantitative estimate of drug-likeness (QED) is 0.323. The van der Waals surface area contributed by atoms with Crippen molar-refractivity contribution in [3.63, 3.8) is 0 Å². The summed E-state index contributed by atoms with van der Waals surface area (Å²) in [6, 6.07) is 19.7. The number of hydrogen-bond acceptors (Lipinski definition) is 6. The summed E-state index contributed by atoms with van der Waals surface area (Å²) in [5.41, 5.74) is 6.77. The Hall–Kier alpha value is -4.36. The van der Waals surface area contributed by atoms with E-state index in [0.29, 0.717) is 16.6 Å². The van der Waals surface area contributed by atoms with Crippen molar-refractivity contribution in [2.75, 3.05) is 7.11 Å². The van der Waals surface area contributed by atoms with Crippen molar-refractivity contribution in [3.8, 4) is 28.1 Å². The molecule has 5 rings (SSSR count). The number of fused-ring (bicyclic) bond motifs is 2. The molecule has 0 fully saturated rings. The Kier molecular flexibility index (Phi) is 4.93. The molecular formula is C25H18N4O3. The second-order valence-electron chi connectivity index (χ2n) is 7.19. The van der Waals surface area contributed by atoms with Crippen molar-refractivity contribution in [2.24, 2.45) is 0 Å². The third-order valence-electron chi connectivity index (χ3n) is 5.37. The van der Waals surface area contributed by atoms with Gasteiger partial charge in [-0.05, 0) is 35.4 Å². The van der Waals surface area contributed by atoms with Crippen molar-refractivity contribution in [1.82, 2.24) is 20.4 Å². The van der Waals surface area contributed by atoms with Gasteiger partial charge in [0.25, 0.3) is 5.91 Å². The molecule has 0 radical (unpaired) electrons. The Bertz CT molecular complexity index is 1470. The van der Waals surface area contributed by atoms with E-state index in [1.54, 1.807) is 23.9 Å². The molecule has 0 saturated heterocycles.